The molecule has 1 heterocycles. The third kappa shape index (κ3) is 12.2. The number of rotatable bonds is 6. The van der Waals surface area contributed by atoms with Gasteiger partial charge < -0.3 is 21.2 Å². The van der Waals surface area contributed by atoms with E-state index in [1.165, 1.54) is 11.6 Å². The second kappa shape index (κ2) is 18.7. The Bertz CT molecular complexity index is 1550. The minimum absolute atomic E-state index is 0. The van der Waals surface area contributed by atoms with Crippen LogP contribution in [0.3, 0.4) is 0 Å². The van der Waals surface area contributed by atoms with Crippen LogP contribution in [0.15, 0.2) is 115 Å². The molecular formula is C33H32N3O4P2Pd-. The molecule has 0 spiro atoms. The third-order valence-electron chi connectivity index (χ3n) is 5.98. The summed E-state index contributed by atoms with van der Waals surface area (Å²) in [5.74, 6) is -1.09. The standard InChI is InChI=1S/C21H20NOP.C7H8NOP.C5H4NO2.Pd/c23-21(18-13-7-8-14-20(18)24)22-19(17-11-5-2-6-12-17)15-16-9-3-1-4-10-16;8-7(9)5-3-1-2-4-6(5)10;7-4-2-1-3-5(8)6-4;/h1-14,19H,15,24H2,(H,22,23);1-4H,10H2,(H2,8,9);2H,3H2,(H,6,7,8);/q;;-1;. The number of hydrogen-bond acceptors (Lipinski definition) is 4. The van der Waals surface area contributed by atoms with Crippen molar-refractivity contribution in [2.45, 2.75) is 18.9 Å². The Hall–Kier alpha value is -3.78. The molecule has 1 aliphatic rings. The average molecular weight is 703 g/mol. The number of imide groups is 1. The summed E-state index contributed by atoms with van der Waals surface area (Å²) in [7, 11) is 5.08. The van der Waals surface area contributed by atoms with Crippen molar-refractivity contribution in [3.05, 3.63) is 144 Å². The normalized spacial score (nSPS) is 12.1. The fraction of sp³-hybridized carbons (Fsp3) is 0.0909. The summed E-state index contributed by atoms with van der Waals surface area (Å²) in [6.07, 6.45) is 4.68. The molecule has 3 unspecified atom stereocenters. The van der Waals surface area contributed by atoms with Gasteiger partial charge in [-0.2, -0.15) is 6.08 Å². The maximum atomic E-state index is 12.7. The fourth-order valence-corrected chi connectivity index (χ4v) is 4.59. The first-order chi connectivity index (χ1) is 20.2. The molecule has 0 saturated carbocycles. The quantitative estimate of drug-likeness (QED) is 0.123. The molecule has 4 aromatic rings. The van der Waals surface area contributed by atoms with E-state index in [0.717, 1.165) is 22.6 Å². The van der Waals surface area contributed by atoms with Gasteiger partial charge in [0.25, 0.3) is 5.91 Å². The molecule has 4 N–H and O–H groups in total. The van der Waals surface area contributed by atoms with Crippen molar-refractivity contribution in [1.82, 2.24) is 10.6 Å². The van der Waals surface area contributed by atoms with Crippen LogP contribution in [0.4, 0.5) is 0 Å². The number of benzene rings is 4. The number of hydrogen-bond donors (Lipinski definition) is 3. The first kappa shape index (κ1) is 35.4. The second-order valence-electron chi connectivity index (χ2n) is 9.10. The van der Waals surface area contributed by atoms with Gasteiger partial charge in [0.2, 0.25) is 5.91 Å². The molecule has 0 aromatic heterocycles. The number of carbonyl (C=O) groups is 4. The van der Waals surface area contributed by atoms with E-state index in [2.05, 4.69) is 59.5 Å². The largest absolute Gasteiger partial charge is 0.383 e. The van der Waals surface area contributed by atoms with Crippen LogP contribution in [0.5, 0.6) is 0 Å². The van der Waals surface area contributed by atoms with Crippen molar-refractivity contribution < 1.29 is 39.6 Å². The van der Waals surface area contributed by atoms with E-state index >= 15 is 0 Å². The maximum absolute atomic E-state index is 12.7. The smallest absolute Gasteiger partial charge is 0.252 e. The molecule has 10 heteroatoms. The molecule has 43 heavy (non-hydrogen) atoms. The molecule has 0 aliphatic carbocycles. The van der Waals surface area contributed by atoms with Crippen LogP contribution in [0.25, 0.3) is 0 Å². The van der Waals surface area contributed by atoms with E-state index in [4.69, 9.17) is 5.73 Å². The summed E-state index contributed by atoms with van der Waals surface area (Å²) in [4.78, 5) is 43.8. The van der Waals surface area contributed by atoms with E-state index < -0.39 is 0 Å². The van der Waals surface area contributed by atoms with Gasteiger partial charge in [-0.1, -0.05) is 97.1 Å². The van der Waals surface area contributed by atoms with E-state index in [-0.39, 0.29) is 56.5 Å². The average Bonchev–Trinajstić information content (AvgIpc) is 2.99. The molecule has 1 aliphatic heterocycles. The first-order valence-electron chi connectivity index (χ1n) is 13.0. The molecule has 5 rings (SSSR count). The van der Waals surface area contributed by atoms with Crippen molar-refractivity contribution in [2.24, 2.45) is 5.73 Å². The maximum Gasteiger partial charge on any atom is 0.252 e. The summed E-state index contributed by atoms with van der Waals surface area (Å²) in [5.41, 5.74) is 8.62. The van der Waals surface area contributed by atoms with Gasteiger partial charge in [0.15, 0.2) is 5.91 Å². The number of nitrogens with one attached hydrogen (secondary N) is 2. The van der Waals surface area contributed by atoms with Crippen molar-refractivity contribution in [3.8, 4) is 0 Å². The van der Waals surface area contributed by atoms with Gasteiger partial charge in [-0.15, -0.1) is 18.5 Å². The van der Waals surface area contributed by atoms with Crippen LogP contribution < -0.4 is 27.0 Å². The van der Waals surface area contributed by atoms with Crippen LogP contribution >= 0.6 is 18.5 Å². The van der Waals surface area contributed by atoms with E-state index in [1.807, 2.05) is 72.8 Å². The molecule has 0 fully saturated rings. The fourth-order valence-electron chi connectivity index (χ4n) is 3.90. The van der Waals surface area contributed by atoms with Gasteiger partial charge in [-0.05, 0) is 46.7 Å². The molecule has 0 radical (unpaired) electrons. The molecule has 0 bridgehead atoms. The number of amides is 4. The zero-order valence-electron chi connectivity index (χ0n) is 23.1. The Kier molecular flexibility index (Phi) is 15.4. The van der Waals surface area contributed by atoms with E-state index in [0.29, 0.717) is 11.1 Å². The van der Waals surface area contributed by atoms with Crippen molar-refractivity contribution in [3.63, 3.8) is 0 Å². The molecule has 224 valence electrons. The summed E-state index contributed by atoms with van der Waals surface area (Å²) in [6.45, 7) is 0. The SMILES string of the molecule is NC(=O)c1ccccc1P.O=C(NC(Cc1ccccc1)c1ccccc1)c1ccccc1P.O=C1C=[C-]CC(=O)N1.[Pd]. The minimum Gasteiger partial charge on any atom is -0.383 e. The number of carbonyl (C=O) groups excluding carboxylic acids is 4. The van der Waals surface area contributed by atoms with Crippen LogP contribution in [0.1, 0.15) is 44.3 Å². The van der Waals surface area contributed by atoms with E-state index in [9.17, 15) is 19.2 Å². The van der Waals surface area contributed by atoms with Gasteiger partial charge in [0.05, 0.1) is 11.9 Å². The Morgan fingerprint density at radius 2 is 1.30 bits per heavy atom. The molecular weight excluding hydrogens is 671 g/mol. The topological polar surface area (TPSA) is 118 Å². The van der Waals surface area contributed by atoms with Crippen LogP contribution in [-0.2, 0) is 36.4 Å². The van der Waals surface area contributed by atoms with Crippen molar-refractivity contribution >= 4 is 52.7 Å². The predicted octanol–water partition coefficient (Wildman–Crippen LogP) is 3.58. The van der Waals surface area contributed by atoms with Gasteiger partial charge in [0, 0.05) is 31.5 Å². The van der Waals surface area contributed by atoms with Crippen LogP contribution in [0.2, 0.25) is 0 Å². The predicted molar refractivity (Wildman–Crippen MR) is 172 cm³/mol. The van der Waals surface area contributed by atoms with Gasteiger partial charge in [0.1, 0.15) is 0 Å². The van der Waals surface area contributed by atoms with Gasteiger partial charge in [-0.3, -0.25) is 20.5 Å². The van der Waals surface area contributed by atoms with Crippen molar-refractivity contribution in [1.29, 1.82) is 0 Å². The first-order valence-corrected chi connectivity index (χ1v) is 14.2. The van der Waals surface area contributed by atoms with Gasteiger partial charge >= 0.3 is 0 Å². The van der Waals surface area contributed by atoms with E-state index in [1.54, 1.807) is 12.1 Å². The van der Waals surface area contributed by atoms with Gasteiger partial charge in [-0.25, -0.2) is 0 Å². The number of nitrogens with two attached hydrogens (primary N) is 1. The molecule has 7 nitrogen and oxygen atoms in total. The van der Waals surface area contributed by atoms with Crippen molar-refractivity contribution in [2.75, 3.05) is 0 Å². The minimum atomic E-state index is -0.384. The monoisotopic (exact) mass is 702 g/mol. The number of primary amides is 1. The summed E-state index contributed by atoms with van der Waals surface area (Å²) in [6, 6.07) is 35.0. The summed E-state index contributed by atoms with van der Waals surface area (Å²) in [5, 5.41) is 7.02. The molecule has 3 atom stereocenters. The molecule has 0 saturated heterocycles. The Morgan fingerprint density at radius 1 is 0.791 bits per heavy atom. The summed E-state index contributed by atoms with van der Waals surface area (Å²) >= 11 is 0. The zero-order chi connectivity index (χ0) is 30.3. The Morgan fingerprint density at radius 3 is 1.77 bits per heavy atom. The second-order valence-corrected chi connectivity index (χ2v) is 10.3. The third-order valence-corrected chi connectivity index (χ3v) is 6.99. The van der Waals surface area contributed by atoms with Crippen LogP contribution in [-0.4, -0.2) is 23.6 Å². The molecule has 4 amide bonds. The Labute approximate surface area is 270 Å². The van der Waals surface area contributed by atoms with Crippen LogP contribution in [0, 0.1) is 6.08 Å². The zero-order valence-corrected chi connectivity index (χ0v) is 27.0. The molecule has 4 aromatic carbocycles. The Balaban J connectivity index is 0.000000279. The summed E-state index contributed by atoms with van der Waals surface area (Å²) < 4.78 is 0.